The van der Waals surface area contributed by atoms with Gasteiger partial charge in [-0.1, -0.05) is 24.3 Å². The molecule has 0 aliphatic carbocycles. The van der Waals surface area contributed by atoms with Gasteiger partial charge in [0.15, 0.2) is 0 Å². The molecule has 0 fully saturated rings. The zero-order valence-corrected chi connectivity index (χ0v) is 8.66. The molecular formula is C11H16N2O. The molecule has 14 heavy (non-hydrogen) atoms. The van der Waals surface area contributed by atoms with Gasteiger partial charge in [0.05, 0.1) is 0 Å². The van der Waals surface area contributed by atoms with Crippen LogP contribution in [0, 0.1) is 0 Å². The van der Waals surface area contributed by atoms with Crippen LogP contribution in [0.2, 0.25) is 0 Å². The molecule has 0 unspecified atom stereocenters. The van der Waals surface area contributed by atoms with Crippen molar-refractivity contribution in [1.82, 2.24) is 10.2 Å². The summed E-state index contributed by atoms with van der Waals surface area (Å²) in [6.45, 7) is 1.50. The zero-order chi connectivity index (χ0) is 10.4. The van der Waals surface area contributed by atoms with Crippen molar-refractivity contribution >= 4 is 6.41 Å². The number of carbonyl (C=O) groups is 1. The molecule has 0 aliphatic heterocycles. The van der Waals surface area contributed by atoms with E-state index >= 15 is 0 Å². The second-order valence-corrected chi connectivity index (χ2v) is 3.51. The maximum atomic E-state index is 10.2. The van der Waals surface area contributed by atoms with Crippen LogP contribution in [-0.4, -0.2) is 25.4 Å². The molecule has 0 saturated carbocycles. The molecule has 1 aromatic carbocycles. The van der Waals surface area contributed by atoms with E-state index in [1.165, 1.54) is 11.1 Å². The number of rotatable bonds is 5. The minimum Gasteiger partial charge on any atom is -0.355 e. The van der Waals surface area contributed by atoms with Gasteiger partial charge in [0, 0.05) is 13.1 Å². The van der Waals surface area contributed by atoms with E-state index in [2.05, 4.69) is 16.3 Å². The Labute approximate surface area is 84.7 Å². The summed E-state index contributed by atoms with van der Waals surface area (Å²) in [6, 6.07) is 8.13. The minimum absolute atomic E-state index is 0.605. The summed E-state index contributed by atoms with van der Waals surface area (Å²) in [4.78, 5) is 12.3. The van der Waals surface area contributed by atoms with E-state index in [-0.39, 0.29) is 0 Å². The van der Waals surface area contributed by atoms with Crippen molar-refractivity contribution in [3.05, 3.63) is 35.4 Å². The van der Waals surface area contributed by atoms with Crippen LogP contribution in [0.25, 0.3) is 0 Å². The van der Waals surface area contributed by atoms with Crippen molar-refractivity contribution < 1.29 is 4.79 Å². The number of hydrogen-bond donors (Lipinski definition) is 1. The monoisotopic (exact) mass is 192 g/mol. The van der Waals surface area contributed by atoms with Gasteiger partial charge in [0.2, 0.25) is 6.41 Å². The Hall–Kier alpha value is -1.35. The van der Waals surface area contributed by atoms with Crippen LogP contribution in [0.3, 0.4) is 0 Å². The van der Waals surface area contributed by atoms with Crippen LogP contribution in [0.4, 0.5) is 0 Å². The molecule has 1 aromatic rings. The summed E-state index contributed by atoms with van der Waals surface area (Å²) in [7, 11) is 4.06. The number of carbonyl (C=O) groups excluding carboxylic acids is 1. The lowest BCUT2D eigenvalue weighted by Crippen LogP contribution is -2.16. The van der Waals surface area contributed by atoms with E-state index in [9.17, 15) is 4.79 Å². The van der Waals surface area contributed by atoms with Crippen LogP contribution >= 0.6 is 0 Å². The van der Waals surface area contributed by atoms with E-state index in [1.807, 2.05) is 32.3 Å². The van der Waals surface area contributed by atoms with Crippen molar-refractivity contribution in [2.75, 3.05) is 14.1 Å². The quantitative estimate of drug-likeness (QED) is 0.706. The number of nitrogens with zero attached hydrogens (tertiary/aromatic N) is 1. The minimum atomic E-state index is 0.605. The summed E-state index contributed by atoms with van der Waals surface area (Å²) in [5.41, 5.74) is 2.43. The second kappa shape index (κ2) is 5.40. The third-order valence-corrected chi connectivity index (χ3v) is 1.98. The fraction of sp³-hybridized carbons (Fsp3) is 0.364. The molecule has 3 nitrogen and oxygen atoms in total. The molecule has 0 aromatic heterocycles. The van der Waals surface area contributed by atoms with Crippen LogP contribution in [0.5, 0.6) is 0 Å². The van der Waals surface area contributed by atoms with Gasteiger partial charge in [-0.3, -0.25) is 4.79 Å². The van der Waals surface area contributed by atoms with Gasteiger partial charge in [0.1, 0.15) is 0 Å². The summed E-state index contributed by atoms with van der Waals surface area (Å²) in [5.74, 6) is 0. The molecule has 0 atom stereocenters. The van der Waals surface area contributed by atoms with Gasteiger partial charge in [0.25, 0.3) is 0 Å². The molecule has 0 bridgehead atoms. The van der Waals surface area contributed by atoms with E-state index in [0.717, 1.165) is 13.0 Å². The lowest BCUT2D eigenvalue weighted by atomic mass is 10.1. The second-order valence-electron chi connectivity index (χ2n) is 3.51. The van der Waals surface area contributed by atoms with Gasteiger partial charge in [-0.25, -0.2) is 0 Å². The highest BCUT2D eigenvalue weighted by molar-refractivity contribution is 5.46. The van der Waals surface area contributed by atoms with E-state index in [4.69, 9.17) is 0 Å². The van der Waals surface area contributed by atoms with Gasteiger partial charge >= 0.3 is 0 Å². The third-order valence-electron chi connectivity index (χ3n) is 1.98. The SMILES string of the molecule is CN(C)Cc1ccccc1CNC=O. The first-order chi connectivity index (χ1) is 6.74. The zero-order valence-electron chi connectivity index (χ0n) is 8.66. The van der Waals surface area contributed by atoms with Gasteiger partial charge in [-0.05, 0) is 25.2 Å². The Kier molecular flexibility index (Phi) is 4.13. The Balaban J connectivity index is 2.74. The number of benzene rings is 1. The average Bonchev–Trinajstić information content (AvgIpc) is 2.16. The Morgan fingerprint density at radius 2 is 1.93 bits per heavy atom. The summed E-state index contributed by atoms with van der Waals surface area (Å²) in [6.07, 6.45) is 0.729. The Bertz CT molecular complexity index is 297. The fourth-order valence-corrected chi connectivity index (χ4v) is 1.38. The van der Waals surface area contributed by atoms with Crippen LogP contribution in [0.1, 0.15) is 11.1 Å². The molecule has 0 aliphatic rings. The first-order valence-electron chi connectivity index (χ1n) is 4.62. The summed E-state index contributed by atoms with van der Waals surface area (Å²) >= 11 is 0. The van der Waals surface area contributed by atoms with Crippen molar-refractivity contribution in [3.8, 4) is 0 Å². The fourth-order valence-electron chi connectivity index (χ4n) is 1.38. The van der Waals surface area contributed by atoms with E-state index < -0.39 is 0 Å². The largest absolute Gasteiger partial charge is 0.355 e. The Morgan fingerprint density at radius 3 is 2.50 bits per heavy atom. The normalized spacial score (nSPS) is 10.2. The first kappa shape index (κ1) is 10.7. The molecule has 76 valence electrons. The molecular weight excluding hydrogens is 176 g/mol. The predicted molar refractivity (Wildman–Crippen MR) is 56.7 cm³/mol. The molecule has 1 amide bonds. The lowest BCUT2D eigenvalue weighted by molar-refractivity contribution is -0.109. The van der Waals surface area contributed by atoms with Crippen LogP contribution < -0.4 is 5.32 Å². The molecule has 1 rings (SSSR count). The van der Waals surface area contributed by atoms with Crippen LogP contribution in [-0.2, 0) is 17.9 Å². The maximum Gasteiger partial charge on any atom is 0.207 e. The molecule has 0 radical (unpaired) electrons. The van der Waals surface area contributed by atoms with Gasteiger partial charge in [-0.2, -0.15) is 0 Å². The highest BCUT2D eigenvalue weighted by Gasteiger charge is 2.01. The number of nitrogens with one attached hydrogen (secondary N) is 1. The number of amides is 1. The number of hydrogen-bond acceptors (Lipinski definition) is 2. The molecule has 0 saturated heterocycles. The first-order valence-corrected chi connectivity index (χ1v) is 4.62. The Morgan fingerprint density at radius 1 is 1.29 bits per heavy atom. The maximum absolute atomic E-state index is 10.2. The third kappa shape index (κ3) is 3.18. The van der Waals surface area contributed by atoms with Gasteiger partial charge in [-0.15, -0.1) is 0 Å². The summed E-state index contributed by atoms with van der Waals surface area (Å²) in [5, 5.41) is 2.68. The smallest absolute Gasteiger partial charge is 0.207 e. The van der Waals surface area contributed by atoms with Crippen molar-refractivity contribution in [1.29, 1.82) is 0 Å². The standard InChI is InChI=1S/C11H16N2O/c1-13(2)8-11-6-4-3-5-10(11)7-12-9-14/h3-6,9H,7-8H2,1-2H3,(H,12,14). The lowest BCUT2D eigenvalue weighted by Gasteiger charge is -2.13. The highest BCUT2D eigenvalue weighted by Crippen LogP contribution is 2.09. The van der Waals surface area contributed by atoms with E-state index in [0.29, 0.717) is 6.54 Å². The van der Waals surface area contributed by atoms with Crippen molar-refractivity contribution in [3.63, 3.8) is 0 Å². The molecule has 0 heterocycles. The topological polar surface area (TPSA) is 32.3 Å². The van der Waals surface area contributed by atoms with Gasteiger partial charge < -0.3 is 10.2 Å². The van der Waals surface area contributed by atoms with E-state index in [1.54, 1.807) is 0 Å². The molecule has 0 spiro atoms. The summed E-state index contributed by atoms with van der Waals surface area (Å²) < 4.78 is 0. The molecule has 1 N–H and O–H groups in total. The van der Waals surface area contributed by atoms with Crippen molar-refractivity contribution in [2.24, 2.45) is 0 Å². The average molecular weight is 192 g/mol. The predicted octanol–water partition coefficient (Wildman–Crippen LogP) is 0.994. The molecule has 3 heteroatoms. The highest BCUT2D eigenvalue weighted by atomic mass is 16.1. The van der Waals surface area contributed by atoms with Crippen LogP contribution in [0.15, 0.2) is 24.3 Å². The van der Waals surface area contributed by atoms with Crippen molar-refractivity contribution in [2.45, 2.75) is 13.1 Å².